The first kappa shape index (κ1) is 23.5. The van der Waals surface area contributed by atoms with E-state index in [4.69, 9.17) is 21.2 Å². The summed E-state index contributed by atoms with van der Waals surface area (Å²) >= 11 is 6.34. The Kier molecular flexibility index (Phi) is 7.16. The van der Waals surface area contributed by atoms with Crippen molar-refractivity contribution < 1.29 is 28.8 Å². The number of hydroxylamine groups is 2. The maximum absolute atomic E-state index is 13.3. The Balaban J connectivity index is 1.39. The number of ether oxygens (including phenoxy) is 1. The van der Waals surface area contributed by atoms with Gasteiger partial charge in [-0.15, -0.1) is 5.06 Å². The summed E-state index contributed by atoms with van der Waals surface area (Å²) < 4.78 is 5.36. The molecule has 0 spiro atoms. The molecule has 0 atom stereocenters. The average molecular weight is 479 g/mol. The summed E-state index contributed by atoms with van der Waals surface area (Å²) in [5.74, 6) is -1.04. The number of rotatable bonds is 4. The molecule has 3 saturated heterocycles. The summed E-state index contributed by atoms with van der Waals surface area (Å²) in [6.07, 6.45) is -0.582. The molecule has 1 aromatic carbocycles. The Bertz CT molecular complexity index is 940. The van der Waals surface area contributed by atoms with Crippen molar-refractivity contribution in [1.29, 1.82) is 0 Å². The standard InChI is InChI=1S/C22H27ClN4O6/c1-15-17(23)3-2-16(20(15)21(30)25-10-12-32-13-11-25)14-24-6-8-26(9-7-24)22(31)33-27-18(28)4-5-19(27)29/h2-3H,4-14H2,1H3. The summed E-state index contributed by atoms with van der Waals surface area (Å²) in [7, 11) is 0. The first-order valence-corrected chi connectivity index (χ1v) is 11.4. The van der Waals surface area contributed by atoms with E-state index in [1.54, 1.807) is 11.0 Å². The quantitative estimate of drug-likeness (QED) is 0.604. The monoisotopic (exact) mass is 478 g/mol. The van der Waals surface area contributed by atoms with Gasteiger partial charge in [0.1, 0.15) is 0 Å². The number of halogens is 1. The number of benzene rings is 1. The van der Waals surface area contributed by atoms with Crippen LogP contribution in [-0.4, -0.2) is 96.1 Å². The van der Waals surface area contributed by atoms with Crippen LogP contribution in [0.5, 0.6) is 0 Å². The van der Waals surface area contributed by atoms with Crippen molar-refractivity contribution in [2.24, 2.45) is 0 Å². The van der Waals surface area contributed by atoms with Crippen molar-refractivity contribution in [1.82, 2.24) is 19.8 Å². The molecule has 0 bridgehead atoms. The van der Waals surface area contributed by atoms with Gasteiger partial charge in [0.15, 0.2) is 0 Å². The lowest BCUT2D eigenvalue weighted by atomic mass is 9.99. The fraction of sp³-hybridized carbons (Fsp3) is 0.545. The van der Waals surface area contributed by atoms with Crippen molar-refractivity contribution in [2.45, 2.75) is 26.3 Å². The zero-order chi connectivity index (χ0) is 23.5. The third-order valence-corrected chi connectivity index (χ3v) is 6.61. The van der Waals surface area contributed by atoms with Crippen molar-refractivity contribution in [2.75, 3.05) is 52.5 Å². The molecule has 4 rings (SSSR count). The fourth-order valence-corrected chi connectivity index (χ4v) is 4.38. The molecule has 11 heteroatoms. The van der Waals surface area contributed by atoms with Gasteiger partial charge in [-0.2, -0.15) is 0 Å². The zero-order valence-corrected chi connectivity index (χ0v) is 19.3. The number of nitrogens with zero attached hydrogens (tertiary/aromatic N) is 4. The van der Waals surface area contributed by atoms with Gasteiger partial charge in [-0.25, -0.2) is 4.79 Å². The van der Waals surface area contributed by atoms with Gasteiger partial charge in [-0.3, -0.25) is 19.3 Å². The predicted octanol–water partition coefficient (Wildman–Crippen LogP) is 1.44. The van der Waals surface area contributed by atoms with Gasteiger partial charge in [-0.1, -0.05) is 17.7 Å². The van der Waals surface area contributed by atoms with Crippen molar-refractivity contribution >= 4 is 35.4 Å². The molecule has 4 amide bonds. The molecule has 178 valence electrons. The van der Waals surface area contributed by atoms with E-state index >= 15 is 0 Å². The minimum absolute atomic E-state index is 0.0459. The van der Waals surface area contributed by atoms with E-state index in [1.165, 1.54) is 4.90 Å². The molecular formula is C22H27ClN4O6. The van der Waals surface area contributed by atoms with Crippen LogP contribution in [0.15, 0.2) is 12.1 Å². The number of amides is 4. The maximum atomic E-state index is 13.3. The molecule has 0 aliphatic carbocycles. The summed E-state index contributed by atoms with van der Waals surface area (Å²) in [4.78, 5) is 59.4. The van der Waals surface area contributed by atoms with E-state index in [-0.39, 0.29) is 18.7 Å². The molecule has 0 N–H and O–H groups in total. The van der Waals surface area contributed by atoms with E-state index in [1.807, 2.05) is 13.0 Å². The van der Waals surface area contributed by atoms with Crippen LogP contribution in [0.1, 0.15) is 34.3 Å². The first-order chi connectivity index (χ1) is 15.8. The van der Waals surface area contributed by atoms with Crippen LogP contribution in [0.3, 0.4) is 0 Å². The van der Waals surface area contributed by atoms with Gasteiger partial charge in [0, 0.05) is 69.2 Å². The number of carbonyl (C=O) groups excluding carboxylic acids is 4. The third-order valence-electron chi connectivity index (χ3n) is 6.20. The van der Waals surface area contributed by atoms with E-state index in [0.717, 1.165) is 11.1 Å². The number of carbonyl (C=O) groups is 4. The van der Waals surface area contributed by atoms with Gasteiger partial charge >= 0.3 is 6.09 Å². The second-order valence-electron chi connectivity index (χ2n) is 8.31. The predicted molar refractivity (Wildman–Crippen MR) is 117 cm³/mol. The SMILES string of the molecule is Cc1c(Cl)ccc(CN2CCN(C(=O)ON3C(=O)CCC3=O)CC2)c1C(=O)N1CCOCC1. The molecule has 10 nitrogen and oxygen atoms in total. The highest BCUT2D eigenvalue weighted by Gasteiger charge is 2.35. The van der Waals surface area contributed by atoms with E-state index in [0.29, 0.717) is 74.7 Å². The molecule has 0 unspecified atom stereocenters. The second kappa shape index (κ2) is 10.1. The van der Waals surface area contributed by atoms with Crippen LogP contribution >= 0.6 is 11.6 Å². The molecular weight excluding hydrogens is 452 g/mol. The van der Waals surface area contributed by atoms with Gasteiger partial charge in [0.25, 0.3) is 17.7 Å². The highest BCUT2D eigenvalue weighted by molar-refractivity contribution is 6.32. The largest absolute Gasteiger partial charge is 0.434 e. The summed E-state index contributed by atoms with van der Waals surface area (Å²) in [6, 6.07) is 3.69. The highest BCUT2D eigenvalue weighted by Crippen LogP contribution is 2.26. The normalized spacial score (nSPS) is 19.9. The average Bonchev–Trinajstić information content (AvgIpc) is 3.14. The summed E-state index contributed by atoms with van der Waals surface area (Å²) in [6.45, 7) is 6.42. The van der Waals surface area contributed by atoms with Gasteiger partial charge < -0.3 is 19.4 Å². The Hall–Kier alpha value is -2.69. The summed E-state index contributed by atoms with van der Waals surface area (Å²) in [5, 5.41) is 1.11. The van der Waals surface area contributed by atoms with E-state index in [2.05, 4.69) is 4.90 Å². The number of hydrogen-bond acceptors (Lipinski definition) is 7. The number of hydrogen-bond donors (Lipinski definition) is 0. The van der Waals surface area contributed by atoms with Crippen molar-refractivity contribution in [3.63, 3.8) is 0 Å². The molecule has 33 heavy (non-hydrogen) atoms. The fourth-order valence-electron chi connectivity index (χ4n) is 4.22. The molecule has 3 fully saturated rings. The topological polar surface area (TPSA) is 99.7 Å². The Labute approximate surface area is 196 Å². The number of imide groups is 1. The first-order valence-electron chi connectivity index (χ1n) is 11.0. The summed E-state index contributed by atoms with van der Waals surface area (Å²) in [5.41, 5.74) is 2.27. The van der Waals surface area contributed by atoms with Gasteiger partial charge in [-0.05, 0) is 24.1 Å². The van der Waals surface area contributed by atoms with Gasteiger partial charge in [0.2, 0.25) is 0 Å². The van der Waals surface area contributed by atoms with Crippen molar-refractivity contribution in [3.8, 4) is 0 Å². The Morgan fingerprint density at radius 2 is 1.61 bits per heavy atom. The molecule has 0 aromatic heterocycles. The van der Waals surface area contributed by atoms with Crippen molar-refractivity contribution in [3.05, 3.63) is 33.8 Å². The van der Waals surface area contributed by atoms with Crippen LogP contribution in [0, 0.1) is 6.92 Å². The zero-order valence-electron chi connectivity index (χ0n) is 18.5. The molecule has 1 aromatic rings. The van der Waals surface area contributed by atoms with Crippen LogP contribution < -0.4 is 0 Å². The van der Waals surface area contributed by atoms with E-state index in [9.17, 15) is 19.2 Å². The van der Waals surface area contributed by atoms with Crippen LogP contribution in [0.4, 0.5) is 4.79 Å². The lowest BCUT2D eigenvalue weighted by Gasteiger charge is -2.35. The molecule has 3 aliphatic rings. The highest BCUT2D eigenvalue weighted by atomic mass is 35.5. The Morgan fingerprint density at radius 1 is 0.970 bits per heavy atom. The molecule has 3 aliphatic heterocycles. The van der Waals surface area contributed by atoms with Crippen LogP contribution in [0.25, 0.3) is 0 Å². The van der Waals surface area contributed by atoms with Gasteiger partial charge in [0.05, 0.1) is 13.2 Å². The third kappa shape index (κ3) is 5.13. The number of piperazine rings is 1. The Morgan fingerprint density at radius 3 is 2.24 bits per heavy atom. The smallest absolute Gasteiger partial charge is 0.378 e. The molecule has 0 saturated carbocycles. The number of morpholine rings is 1. The van der Waals surface area contributed by atoms with E-state index < -0.39 is 17.9 Å². The minimum atomic E-state index is -0.705. The van der Waals surface area contributed by atoms with Crippen LogP contribution in [0.2, 0.25) is 5.02 Å². The molecule has 0 radical (unpaired) electrons. The lowest BCUT2D eigenvalue weighted by Crippen LogP contribution is -2.50. The second-order valence-corrected chi connectivity index (χ2v) is 8.72. The lowest BCUT2D eigenvalue weighted by molar-refractivity contribution is -0.174. The minimum Gasteiger partial charge on any atom is -0.378 e. The van der Waals surface area contributed by atoms with Crippen LogP contribution in [-0.2, 0) is 25.7 Å². The maximum Gasteiger partial charge on any atom is 0.434 e. The molecule has 3 heterocycles.